The molecule has 0 aromatic heterocycles. The minimum Gasteiger partial charge on any atom is -0.508 e. The zero-order chi connectivity index (χ0) is 105. The van der Waals surface area contributed by atoms with Gasteiger partial charge in [-0.25, -0.2) is 74.7 Å². The molecular formula is C87H125N23O30. The van der Waals surface area contributed by atoms with Crippen LogP contribution in [0.2, 0.25) is 0 Å². The van der Waals surface area contributed by atoms with Crippen molar-refractivity contribution in [3.05, 3.63) is 102 Å². The Kier molecular flexibility index (Phi) is 49.0. The van der Waals surface area contributed by atoms with Gasteiger partial charge in [0.1, 0.15) is 78.3 Å². The van der Waals surface area contributed by atoms with Crippen molar-refractivity contribution in [1.29, 1.82) is 27.0 Å². The maximum absolute atomic E-state index is 15.2. The number of aliphatic imine (C=N–C) groups is 14. The van der Waals surface area contributed by atoms with Crippen LogP contribution in [0, 0.1) is 38.9 Å². The molecule has 768 valence electrons. The van der Waals surface area contributed by atoms with Gasteiger partial charge in [-0.1, -0.05) is 107 Å². The molecule has 1 aliphatic heterocycles. The molecule has 3 aromatic carbocycles. The molecule has 1 fully saturated rings. The van der Waals surface area contributed by atoms with E-state index in [4.69, 9.17) is 38.5 Å². The highest BCUT2D eigenvalue weighted by atomic mass is 16.4. The van der Waals surface area contributed by atoms with E-state index in [1.807, 2.05) is 0 Å². The first-order valence-electron chi connectivity index (χ1n) is 43.8. The predicted molar refractivity (Wildman–Crippen MR) is 519 cm³/mol. The van der Waals surface area contributed by atoms with Crippen LogP contribution in [0.15, 0.2) is 155 Å². The molecular weight excluding hydrogens is 1850 g/mol. The summed E-state index contributed by atoms with van der Waals surface area (Å²) >= 11 is 0. The molecule has 53 heteroatoms. The van der Waals surface area contributed by atoms with Gasteiger partial charge in [-0.3, -0.25) is 46.2 Å². The Balaban J connectivity index is 1.89. The first-order chi connectivity index (χ1) is 65.9. The number of rotatable bonds is 63. The molecule has 0 saturated carbocycles. The average molecular weight is 1970 g/mol. The summed E-state index contributed by atoms with van der Waals surface area (Å²) in [4.78, 5) is 122. The van der Waals surface area contributed by atoms with Gasteiger partial charge >= 0.3 is 23.9 Å². The fraction of sp³-hybridized carbons (Fsp3) is 0.517. The van der Waals surface area contributed by atoms with Crippen molar-refractivity contribution in [2.45, 2.75) is 246 Å². The number of phenolic OH excluding ortho intramolecular Hbond substituents is 1. The van der Waals surface area contributed by atoms with Gasteiger partial charge in [-0.05, 0) is 92.0 Å². The second-order valence-electron chi connectivity index (χ2n) is 32.5. The van der Waals surface area contributed by atoms with E-state index in [2.05, 4.69) is 75.2 Å². The summed E-state index contributed by atoms with van der Waals surface area (Å²) in [6.45, 7) is 3.60. The molecule has 4 rings (SSSR count). The van der Waals surface area contributed by atoms with E-state index < -0.39 is 341 Å². The van der Waals surface area contributed by atoms with Crippen LogP contribution in [-0.2, 0) is 43.2 Å². The number of aliphatic hydroxyl groups is 20. The van der Waals surface area contributed by atoms with Crippen molar-refractivity contribution in [1.82, 2.24) is 10.2 Å². The standard InChI is InChI=1S/C87H125N23O30/c1-5-43(4)70(84(137)107-60(41-112)82(135)105-58(86(139)140)38-65(92)117)109-76(129)51(25-29-63(90)115)98-73(126)50(24-28-62(89)114)99-79(132)57(39-68(122)123)103-81(134)59(40-111)106-78(131)55(34-44-14-8-6-9-15-44)104-83(136)61-19-13-33-110(61)85(138)69(42(2)3)108-80(133)56(35-45-16-10-7-11-17-45)102-72(125)49(18-12-32-95-87(93)94)97-74(127)53(27-31-67(120)121)100-77(130)54(36-46-20-22-47(113)23-21-46)101-75(128)52(26-30-66(118)119)96-71(124)48(88)37-64(91)116/h6-11,14-17,20-23,42-43,48-61,69-70,111-113H,5,12-13,18-19,24-41,88H2,1-4H3,(H2,89,114)(H2,90,115)(H2,91,116)(H2,92,117)(H,96,124)(H,97,127)(H,98,126)(H,99,132)(H,100,130)(H,101,128)(H,102,125)(H,103,134)(H,104,136)(H,105,135)(H,106,131)(H,107,137)(H,108,133)(H,109,129)(H,118,119)(H,120,121)(H,122,123)(H,139,140)(H4,93,94,95). The first kappa shape index (κ1) is 117. The van der Waals surface area contributed by atoms with Gasteiger partial charge in [-0.2, -0.15) is 0 Å². The number of benzene rings is 3. The number of aliphatic carboxylic acids is 4. The van der Waals surface area contributed by atoms with Crippen LogP contribution in [0.5, 0.6) is 5.75 Å². The SMILES string of the molecule is CCC(C)C(N=C(O)C(CCC(=N)O)N=C(O)C(CCC(=N)O)N=C(O)C(CC(=O)O)N=C(O)C(CO)N=C(O)C(Cc1ccccc1)N=C(O)C1CCCN1C(=O)C(N=C(O)C(Cc1ccccc1)N=C(O)C(CCCNC(=N)N)N=C(O)C(CCC(=O)O)N=C(O)C(Cc1ccc(O)cc1)N=C(O)C(CCC(=O)O)N=C(O)C(N)CC(=N)O)C(C)C)C(O)=NC(CO)C(O)=NC(CC(=N)O)C(=O)O. The minimum atomic E-state index is -2.22. The van der Waals surface area contributed by atoms with Gasteiger partial charge in [-0.15, -0.1) is 0 Å². The Morgan fingerprint density at radius 1 is 0.393 bits per heavy atom. The van der Waals surface area contributed by atoms with Gasteiger partial charge in [0.05, 0.1) is 32.1 Å². The number of amides is 1. The van der Waals surface area contributed by atoms with Gasteiger partial charge in [0.25, 0.3) is 0 Å². The maximum Gasteiger partial charge on any atom is 0.329 e. The van der Waals surface area contributed by atoms with E-state index in [0.29, 0.717) is 11.1 Å². The Bertz CT molecular complexity index is 5140. The molecule has 3 aromatic rings. The number of nitrogens with two attached hydrogens (primary N) is 2. The summed E-state index contributed by atoms with van der Waals surface area (Å²) in [7, 11) is 0. The molecule has 0 radical (unpaired) electrons. The van der Waals surface area contributed by atoms with Crippen LogP contribution in [0.25, 0.3) is 0 Å². The van der Waals surface area contributed by atoms with Crippen LogP contribution in [-0.4, -0.2) is 397 Å². The average Bonchev–Trinajstić information content (AvgIpc) is 1.63. The molecule has 53 nitrogen and oxygen atoms in total. The van der Waals surface area contributed by atoms with Gasteiger partial charge in [0.15, 0.2) is 53.6 Å². The lowest BCUT2D eigenvalue weighted by molar-refractivity contribution is -0.139. The van der Waals surface area contributed by atoms with Crippen molar-refractivity contribution in [3.8, 4) is 5.75 Å². The zero-order valence-corrected chi connectivity index (χ0v) is 76.8. The van der Waals surface area contributed by atoms with Crippen molar-refractivity contribution in [2.24, 2.45) is 93.2 Å². The van der Waals surface area contributed by atoms with E-state index in [1.54, 1.807) is 81.4 Å². The Hall–Kier alpha value is -15.6. The number of aromatic hydroxyl groups is 1. The molecule has 17 unspecified atom stereocenters. The van der Waals surface area contributed by atoms with Gasteiger partial charge in [0, 0.05) is 64.5 Å². The highest BCUT2D eigenvalue weighted by molar-refractivity contribution is 5.99. The minimum absolute atomic E-state index is 0.0102. The molecule has 1 amide bonds. The van der Waals surface area contributed by atoms with Crippen LogP contribution in [0.3, 0.4) is 0 Å². The zero-order valence-electron chi connectivity index (χ0n) is 76.8. The van der Waals surface area contributed by atoms with Gasteiger partial charge in [0.2, 0.25) is 82.6 Å². The van der Waals surface area contributed by atoms with Crippen molar-refractivity contribution >= 4 is 142 Å². The molecule has 35 N–H and O–H groups in total. The van der Waals surface area contributed by atoms with Gasteiger partial charge < -0.3 is 149 Å². The Morgan fingerprint density at radius 3 is 1.14 bits per heavy atom. The van der Waals surface area contributed by atoms with Crippen molar-refractivity contribution < 1.29 is 152 Å². The number of likely N-dealkylation sites (tertiary alicyclic amines) is 1. The van der Waals surface area contributed by atoms with E-state index >= 15 is 4.79 Å². The third kappa shape index (κ3) is 41.2. The van der Waals surface area contributed by atoms with E-state index in [1.165, 1.54) is 36.1 Å². The lowest BCUT2D eigenvalue weighted by Crippen LogP contribution is -2.47. The second kappa shape index (κ2) is 58.8. The summed E-state index contributed by atoms with van der Waals surface area (Å²) < 4.78 is 0. The highest BCUT2D eigenvalue weighted by Crippen LogP contribution is 2.27. The third-order valence-electron chi connectivity index (χ3n) is 21.0. The van der Waals surface area contributed by atoms with E-state index in [9.17, 15) is 147 Å². The largest absolute Gasteiger partial charge is 0.508 e. The number of hydrogen-bond acceptors (Lipinski definition) is 28. The summed E-state index contributed by atoms with van der Waals surface area (Å²) in [5, 5.41) is 313. The molecule has 1 heterocycles. The molecule has 140 heavy (non-hydrogen) atoms. The number of carbonyl (C=O) groups excluding carboxylic acids is 1. The molecule has 0 aliphatic carbocycles. The number of phenols is 1. The fourth-order valence-electron chi connectivity index (χ4n) is 13.4. The smallest absolute Gasteiger partial charge is 0.329 e. The predicted octanol–water partition coefficient (Wildman–Crippen LogP) is 6.01. The summed E-state index contributed by atoms with van der Waals surface area (Å²) in [5.74, 6) is -28.6. The van der Waals surface area contributed by atoms with E-state index in [-0.39, 0.29) is 69.3 Å². The Morgan fingerprint density at radius 2 is 0.743 bits per heavy atom. The summed E-state index contributed by atoms with van der Waals surface area (Å²) in [6.07, 6.45) is -9.21. The second-order valence-corrected chi connectivity index (χ2v) is 32.5. The van der Waals surface area contributed by atoms with E-state index in [0.717, 1.165) is 0 Å². The molecule has 17 atom stereocenters. The number of hydrogen-bond donors (Lipinski definition) is 33. The highest BCUT2D eigenvalue weighted by Gasteiger charge is 2.40. The summed E-state index contributed by atoms with van der Waals surface area (Å²) in [6, 6.07) is -7.11. The number of guanidine groups is 1. The quantitative estimate of drug-likeness (QED) is 0.0175. The van der Waals surface area contributed by atoms with Crippen molar-refractivity contribution in [2.75, 3.05) is 26.3 Å². The lowest BCUT2D eigenvalue weighted by Gasteiger charge is -2.29. The van der Waals surface area contributed by atoms with Crippen LogP contribution in [0.4, 0.5) is 0 Å². The normalized spacial score (nSPS) is 18.1. The maximum atomic E-state index is 15.2. The number of aliphatic hydroxyl groups excluding tert-OH is 20. The third-order valence-corrected chi connectivity index (χ3v) is 21.0. The van der Waals surface area contributed by atoms with Crippen LogP contribution in [0.1, 0.15) is 147 Å². The number of nitrogens with one attached hydrogen (secondary N) is 6. The summed E-state index contributed by atoms with van der Waals surface area (Å²) in [5.41, 5.74) is 12.6. The van der Waals surface area contributed by atoms with Crippen LogP contribution < -0.4 is 16.8 Å². The first-order valence-corrected chi connectivity index (χ1v) is 43.8. The number of carbonyl (C=O) groups is 5. The number of carboxylic acid groups (broad SMARTS) is 4. The molecule has 0 bridgehead atoms. The Labute approximate surface area is 800 Å². The number of carboxylic acids is 4. The topological polar surface area (TPSA) is 951 Å². The number of nitrogens with zero attached hydrogens (tertiary/aromatic N) is 15. The molecule has 1 aliphatic rings. The van der Waals surface area contributed by atoms with Crippen molar-refractivity contribution in [3.63, 3.8) is 0 Å². The monoisotopic (exact) mass is 1970 g/mol. The lowest BCUT2D eigenvalue weighted by atomic mass is 9.99. The fourth-order valence-corrected chi connectivity index (χ4v) is 13.4. The van der Waals surface area contributed by atoms with Crippen LogP contribution >= 0.6 is 0 Å². The molecule has 0 spiro atoms. The molecule has 1 saturated heterocycles.